The van der Waals surface area contributed by atoms with Crippen LogP contribution in [0.5, 0.6) is 23.0 Å². The zero-order valence-corrected chi connectivity index (χ0v) is 14.9. The van der Waals surface area contributed by atoms with Crippen molar-refractivity contribution < 1.29 is 19.0 Å². The van der Waals surface area contributed by atoms with Gasteiger partial charge in [0.15, 0.2) is 0 Å². The minimum absolute atomic E-state index is 0.303. The lowest BCUT2D eigenvalue weighted by Gasteiger charge is -2.11. The van der Waals surface area contributed by atoms with E-state index in [4.69, 9.17) is 24.7 Å². The molecule has 6 nitrogen and oxygen atoms in total. The summed E-state index contributed by atoms with van der Waals surface area (Å²) >= 11 is 0. The van der Waals surface area contributed by atoms with E-state index in [-0.39, 0.29) is 0 Å². The van der Waals surface area contributed by atoms with Gasteiger partial charge >= 0.3 is 5.97 Å². The second-order valence-corrected chi connectivity index (χ2v) is 5.64. The third-order valence-corrected chi connectivity index (χ3v) is 3.73. The van der Waals surface area contributed by atoms with Crippen LogP contribution in [0.15, 0.2) is 66.7 Å². The summed E-state index contributed by atoms with van der Waals surface area (Å²) in [6, 6.07) is 22.1. The maximum Gasteiger partial charge on any atom is 0.341 e. The van der Waals surface area contributed by atoms with Gasteiger partial charge < -0.3 is 14.2 Å². The number of ether oxygens (including phenoxy) is 3. The molecule has 0 atom stereocenters. The molecule has 0 unspecified atom stereocenters. The molecule has 0 aliphatic rings. The first kappa shape index (κ1) is 18.5. The molecule has 0 aliphatic heterocycles. The van der Waals surface area contributed by atoms with Crippen molar-refractivity contribution in [2.24, 2.45) is 0 Å². The Hall–Kier alpha value is -4.29. The SMILES string of the molecule is COC(=O)c1ccccc1Oc1cccc(Oc2cc(C#N)cc(C#N)c2)c1. The van der Waals surface area contributed by atoms with Crippen LogP contribution in [0.2, 0.25) is 0 Å². The van der Waals surface area contributed by atoms with Crippen molar-refractivity contribution in [1.29, 1.82) is 10.5 Å². The van der Waals surface area contributed by atoms with Gasteiger partial charge in [-0.15, -0.1) is 0 Å². The summed E-state index contributed by atoms with van der Waals surface area (Å²) in [5.41, 5.74) is 0.957. The first-order valence-electron chi connectivity index (χ1n) is 8.21. The molecule has 0 saturated carbocycles. The van der Waals surface area contributed by atoms with E-state index in [1.54, 1.807) is 60.7 Å². The summed E-state index contributed by atoms with van der Waals surface area (Å²) in [5.74, 6) is 1.12. The molecule has 0 N–H and O–H groups in total. The third kappa shape index (κ3) is 4.27. The Morgan fingerprint density at radius 3 is 2.07 bits per heavy atom. The highest BCUT2D eigenvalue weighted by Crippen LogP contribution is 2.31. The maximum absolute atomic E-state index is 11.9. The van der Waals surface area contributed by atoms with Crippen molar-refractivity contribution in [1.82, 2.24) is 0 Å². The first-order valence-corrected chi connectivity index (χ1v) is 8.21. The van der Waals surface area contributed by atoms with Crippen molar-refractivity contribution in [3.63, 3.8) is 0 Å². The molecule has 0 amide bonds. The van der Waals surface area contributed by atoms with E-state index in [9.17, 15) is 4.79 Å². The lowest BCUT2D eigenvalue weighted by Crippen LogP contribution is -2.03. The lowest BCUT2D eigenvalue weighted by molar-refractivity contribution is 0.0598. The number of rotatable bonds is 5. The highest BCUT2D eigenvalue weighted by molar-refractivity contribution is 5.92. The van der Waals surface area contributed by atoms with Crippen LogP contribution in [-0.4, -0.2) is 13.1 Å². The van der Waals surface area contributed by atoms with Crippen LogP contribution in [-0.2, 0) is 4.74 Å². The third-order valence-electron chi connectivity index (χ3n) is 3.73. The number of carbonyl (C=O) groups is 1. The smallest absolute Gasteiger partial charge is 0.341 e. The molecule has 3 aromatic carbocycles. The minimum atomic E-state index is -0.500. The van der Waals surface area contributed by atoms with Crippen molar-refractivity contribution in [2.45, 2.75) is 0 Å². The predicted molar refractivity (Wildman–Crippen MR) is 100 cm³/mol. The molecule has 0 radical (unpaired) electrons. The van der Waals surface area contributed by atoms with Crippen LogP contribution >= 0.6 is 0 Å². The fraction of sp³-hybridized carbons (Fsp3) is 0.0455. The molecule has 0 spiro atoms. The standard InChI is InChI=1S/C22H14N2O4/c1-26-22(25)20-7-2-3-8-21(20)28-18-6-4-5-17(12-18)27-19-10-15(13-23)9-16(11-19)14-24/h2-12H,1H3. The number of benzene rings is 3. The van der Waals surface area contributed by atoms with Gasteiger partial charge in [0, 0.05) is 6.07 Å². The molecule has 6 heteroatoms. The van der Waals surface area contributed by atoms with Crippen molar-refractivity contribution in [3.8, 4) is 35.1 Å². The first-order chi connectivity index (χ1) is 13.6. The van der Waals surface area contributed by atoms with E-state index in [1.165, 1.54) is 13.2 Å². The van der Waals surface area contributed by atoms with Crippen LogP contribution in [0.25, 0.3) is 0 Å². The van der Waals surface area contributed by atoms with Crippen molar-refractivity contribution >= 4 is 5.97 Å². The average molecular weight is 370 g/mol. The fourth-order valence-electron chi connectivity index (χ4n) is 2.49. The molecule has 0 aliphatic carbocycles. The summed E-state index contributed by atoms with van der Waals surface area (Å²) in [6.07, 6.45) is 0. The van der Waals surface area contributed by atoms with Crippen molar-refractivity contribution in [3.05, 3.63) is 83.4 Å². The molecule has 3 rings (SSSR count). The van der Waals surface area contributed by atoms with E-state index in [0.717, 1.165) is 0 Å². The van der Waals surface area contributed by atoms with Gasteiger partial charge in [-0.25, -0.2) is 4.79 Å². The molecule has 0 fully saturated rings. The highest BCUT2D eigenvalue weighted by atomic mass is 16.5. The van der Waals surface area contributed by atoms with Gasteiger partial charge in [0.2, 0.25) is 0 Å². The molecule has 3 aromatic rings. The number of methoxy groups -OCH3 is 1. The summed E-state index contributed by atoms with van der Waals surface area (Å²) < 4.78 is 16.3. The Morgan fingerprint density at radius 2 is 1.43 bits per heavy atom. The fourth-order valence-corrected chi connectivity index (χ4v) is 2.49. The van der Waals surface area contributed by atoms with Crippen LogP contribution in [0.4, 0.5) is 0 Å². The zero-order chi connectivity index (χ0) is 19.9. The molecule has 28 heavy (non-hydrogen) atoms. The molecular weight excluding hydrogens is 356 g/mol. The van der Waals surface area contributed by atoms with E-state index >= 15 is 0 Å². The highest BCUT2D eigenvalue weighted by Gasteiger charge is 2.13. The molecular formula is C22H14N2O4. The quantitative estimate of drug-likeness (QED) is 0.599. The molecule has 0 saturated heterocycles. The summed E-state index contributed by atoms with van der Waals surface area (Å²) in [7, 11) is 1.30. The molecule has 0 bridgehead atoms. The minimum Gasteiger partial charge on any atom is -0.465 e. The van der Waals surface area contributed by atoms with Crippen molar-refractivity contribution in [2.75, 3.05) is 7.11 Å². The number of nitrogens with zero attached hydrogens (tertiary/aromatic N) is 2. The van der Waals surface area contributed by atoms with Gasteiger partial charge in [0.1, 0.15) is 28.6 Å². The second-order valence-electron chi connectivity index (χ2n) is 5.64. The van der Waals surface area contributed by atoms with E-state index in [0.29, 0.717) is 39.7 Å². The number of hydrogen-bond acceptors (Lipinski definition) is 6. The number of hydrogen-bond donors (Lipinski definition) is 0. The van der Waals surface area contributed by atoms with Gasteiger partial charge in [0.25, 0.3) is 0 Å². The topological polar surface area (TPSA) is 92.3 Å². The summed E-state index contributed by atoms with van der Waals surface area (Å²) in [5, 5.41) is 18.1. The number of nitriles is 2. The van der Waals surface area contributed by atoms with Crippen LogP contribution < -0.4 is 9.47 Å². The molecule has 0 aromatic heterocycles. The van der Waals surface area contributed by atoms with Gasteiger partial charge in [-0.05, 0) is 42.5 Å². The van der Waals surface area contributed by atoms with E-state index in [1.807, 2.05) is 12.1 Å². The van der Waals surface area contributed by atoms with Crippen LogP contribution in [0.3, 0.4) is 0 Å². The van der Waals surface area contributed by atoms with Crippen LogP contribution in [0, 0.1) is 22.7 Å². The van der Waals surface area contributed by atoms with Gasteiger partial charge in [0.05, 0.1) is 30.4 Å². The lowest BCUT2D eigenvalue weighted by atomic mass is 10.1. The molecule has 0 heterocycles. The Bertz CT molecular complexity index is 1080. The summed E-state index contributed by atoms with van der Waals surface area (Å²) in [6.45, 7) is 0. The predicted octanol–water partition coefficient (Wildman–Crippen LogP) is 4.80. The van der Waals surface area contributed by atoms with Crippen LogP contribution in [0.1, 0.15) is 21.5 Å². The van der Waals surface area contributed by atoms with Gasteiger partial charge in [-0.2, -0.15) is 10.5 Å². The number of carbonyl (C=O) groups excluding carboxylic acids is 1. The Labute approximate surface area is 161 Å². The number of para-hydroxylation sites is 1. The zero-order valence-electron chi connectivity index (χ0n) is 14.9. The Kier molecular flexibility index (Phi) is 5.55. The average Bonchev–Trinajstić information content (AvgIpc) is 2.73. The monoisotopic (exact) mass is 370 g/mol. The van der Waals surface area contributed by atoms with E-state index in [2.05, 4.69) is 0 Å². The second kappa shape index (κ2) is 8.39. The number of esters is 1. The van der Waals surface area contributed by atoms with E-state index < -0.39 is 5.97 Å². The molecule has 136 valence electrons. The summed E-state index contributed by atoms with van der Waals surface area (Å²) in [4.78, 5) is 11.9. The van der Waals surface area contributed by atoms with Gasteiger partial charge in [-0.1, -0.05) is 18.2 Å². The Balaban J connectivity index is 1.86. The Morgan fingerprint density at radius 1 is 0.786 bits per heavy atom. The normalized spacial score (nSPS) is 9.68. The van der Waals surface area contributed by atoms with Gasteiger partial charge in [-0.3, -0.25) is 0 Å². The maximum atomic E-state index is 11.9. The largest absolute Gasteiger partial charge is 0.465 e.